The Balaban J connectivity index is 2.36. The van der Waals surface area contributed by atoms with E-state index in [1.807, 2.05) is 19.1 Å². The highest BCUT2D eigenvalue weighted by Gasteiger charge is 2.32. The van der Waals surface area contributed by atoms with Crippen LogP contribution in [0.5, 0.6) is 0 Å². The fourth-order valence-corrected chi connectivity index (χ4v) is 3.34. The maximum absolute atomic E-state index is 14.6. The smallest absolute Gasteiger partial charge is 0.147 e. The Morgan fingerprint density at radius 2 is 2.14 bits per heavy atom. The van der Waals surface area contributed by atoms with Crippen LogP contribution in [-0.4, -0.2) is 56.1 Å². The number of nitrogens with one attached hydrogen (secondary N) is 1. The van der Waals surface area contributed by atoms with Gasteiger partial charge in [0, 0.05) is 35.7 Å². The number of benzene rings is 1. The fraction of sp³-hybridized carbons (Fsp3) is 0.600. The molecule has 1 N–H and O–H groups in total. The first kappa shape index (κ1) is 17.2. The van der Waals surface area contributed by atoms with E-state index >= 15 is 0 Å². The van der Waals surface area contributed by atoms with Crippen LogP contribution >= 0.6 is 27.5 Å². The Morgan fingerprint density at radius 3 is 2.81 bits per heavy atom. The van der Waals surface area contributed by atoms with Crippen LogP contribution in [0.15, 0.2) is 16.6 Å². The number of nitrogens with zero attached hydrogens (tertiary/aromatic N) is 2. The summed E-state index contributed by atoms with van der Waals surface area (Å²) in [7, 11) is 4.20. The second kappa shape index (κ2) is 7.38. The average Bonchev–Trinajstić information content (AvgIpc) is 2.46. The maximum Gasteiger partial charge on any atom is 0.147 e. The highest BCUT2D eigenvalue weighted by molar-refractivity contribution is 9.10. The summed E-state index contributed by atoms with van der Waals surface area (Å²) < 4.78 is 15.2. The topological polar surface area (TPSA) is 18.5 Å². The molecule has 6 heteroatoms. The standard InChI is InChI=1S/C15H22BrClFN3/c1-4-19-15(12-9-20(2)7-8-21(12)3)10-5-6-11(16)13(17)14(10)18/h5-6,12,15,19H,4,7-9H2,1-3H3. The minimum absolute atomic E-state index is 0.0756. The Morgan fingerprint density at radius 1 is 1.43 bits per heavy atom. The molecule has 0 radical (unpaired) electrons. The Labute approximate surface area is 139 Å². The van der Waals surface area contributed by atoms with Crippen molar-refractivity contribution < 1.29 is 4.39 Å². The second-order valence-corrected chi connectivity index (χ2v) is 6.84. The van der Waals surface area contributed by atoms with Crippen molar-refractivity contribution in [3.05, 3.63) is 33.0 Å². The molecule has 1 fully saturated rings. The Hall–Kier alpha value is -0.200. The third-order valence-electron chi connectivity index (χ3n) is 4.11. The largest absolute Gasteiger partial charge is 0.309 e. The first-order chi connectivity index (χ1) is 9.95. The van der Waals surface area contributed by atoms with Gasteiger partial charge >= 0.3 is 0 Å². The van der Waals surface area contributed by atoms with Gasteiger partial charge in [-0.2, -0.15) is 0 Å². The zero-order valence-electron chi connectivity index (χ0n) is 12.7. The first-order valence-corrected chi connectivity index (χ1v) is 8.38. The van der Waals surface area contributed by atoms with E-state index in [9.17, 15) is 4.39 Å². The Kier molecular flexibility index (Phi) is 6.03. The van der Waals surface area contributed by atoms with Crippen LogP contribution in [0.25, 0.3) is 0 Å². The molecule has 0 saturated carbocycles. The molecule has 1 heterocycles. The van der Waals surface area contributed by atoms with Crippen molar-refractivity contribution in [2.24, 2.45) is 0 Å². The number of halogens is 3. The van der Waals surface area contributed by atoms with Gasteiger partial charge in [-0.15, -0.1) is 0 Å². The number of rotatable bonds is 4. The van der Waals surface area contributed by atoms with Gasteiger partial charge in [0.25, 0.3) is 0 Å². The molecule has 0 spiro atoms. The van der Waals surface area contributed by atoms with Crippen LogP contribution in [0.3, 0.4) is 0 Å². The van der Waals surface area contributed by atoms with E-state index in [2.05, 4.69) is 45.1 Å². The molecule has 0 amide bonds. The summed E-state index contributed by atoms with van der Waals surface area (Å²) in [4.78, 5) is 4.58. The predicted octanol–water partition coefficient (Wildman–Crippen LogP) is 3.14. The van der Waals surface area contributed by atoms with Gasteiger partial charge in [0.1, 0.15) is 5.82 Å². The van der Waals surface area contributed by atoms with Crippen LogP contribution in [0, 0.1) is 5.82 Å². The summed E-state index contributed by atoms with van der Waals surface area (Å²) in [6.07, 6.45) is 0. The minimum Gasteiger partial charge on any atom is -0.309 e. The summed E-state index contributed by atoms with van der Waals surface area (Å²) in [5, 5.41) is 3.58. The molecule has 118 valence electrons. The predicted molar refractivity (Wildman–Crippen MR) is 89.4 cm³/mol. The first-order valence-electron chi connectivity index (χ1n) is 7.21. The van der Waals surface area contributed by atoms with E-state index in [4.69, 9.17) is 11.6 Å². The SMILES string of the molecule is CCNC(c1ccc(Br)c(Cl)c1F)C1CN(C)CCN1C. The van der Waals surface area contributed by atoms with Crippen LogP contribution in [0.4, 0.5) is 4.39 Å². The summed E-state index contributed by atoms with van der Waals surface area (Å²) >= 11 is 9.33. The van der Waals surface area contributed by atoms with Gasteiger partial charge in [-0.05, 0) is 42.6 Å². The van der Waals surface area contributed by atoms with E-state index in [1.54, 1.807) is 0 Å². The lowest BCUT2D eigenvalue weighted by Crippen LogP contribution is -2.55. The molecule has 21 heavy (non-hydrogen) atoms. The third kappa shape index (κ3) is 3.77. The molecule has 2 atom stereocenters. The Bertz CT molecular complexity index is 500. The monoisotopic (exact) mass is 377 g/mol. The maximum atomic E-state index is 14.6. The van der Waals surface area contributed by atoms with Gasteiger partial charge in [0.05, 0.1) is 11.1 Å². The molecule has 0 aliphatic carbocycles. The van der Waals surface area contributed by atoms with E-state index < -0.39 is 0 Å². The van der Waals surface area contributed by atoms with Crippen molar-refractivity contribution in [1.82, 2.24) is 15.1 Å². The highest BCUT2D eigenvalue weighted by atomic mass is 79.9. The molecule has 1 aliphatic heterocycles. The van der Waals surface area contributed by atoms with Gasteiger partial charge in [0.15, 0.2) is 0 Å². The highest BCUT2D eigenvalue weighted by Crippen LogP contribution is 2.33. The normalized spacial score (nSPS) is 22.5. The lowest BCUT2D eigenvalue weighted by molar-refractivity contribution is 0.0871. The van der Waals surface area contributed by atoms with E-state index in [0.29, 0.717) is 10.0 Å². The molecular formula is C15H22BrClFN3. The average molecular weight is 379 g/mol. The van der Waals surface area contributed by atoms with Crippen molar-refractivity contribution in [1.29, 1.82) is 0 Å². The molecule has 2 rings (SSSR count). The van der Waals surface area contributed by atoms with Crippen LogP contribution in [0.2, 0.25) is 5.02 Å². The van der Waals surface area contributed by atoms with E-state index in [0.717, 1.165) is 26.2 Å². The molecule has 0 aromatic heterocycles. The molecule has 1 aliphatic rings. The van der Waals surface area contributed by atoms with Gasteiger partial charge in [-0.25, -0.2) is 4.39 Å². The van der Waals surface area contributed by atoms with Gasteiger partial charge in [0.2, 0.25) is 0 Å². The van der Waals surface area contributed by atoms with Crippen LogP contribution in [-0.2, 0) is 0 Å². The van der Waals surface area contributed by atoms with E-state index in [1.165, 1.54) is 0 Å². The molecular weight excluding hydrogens is 357 g/mol. The van der Waals surface area contributed by atoms with Gasteiger partial charge < -0.3 is 10.2 Å². The summed E-state index contributed by atoms with van der Waals surface area (Å²) in [6.45, 7) is 5.75. The number of hydrogen-bond donors (Lipinski definition) is 1. The molecule has 1 saturated heterocycles. The number of piperazine rings is 1. The van der Waals surface area contributed by atoms with Crippen molar-refractivity contribution in [3.63, 3.8) is 0 Å². The molecule has 3 nitrogen and oxygen atoms in total. The zero-order valence-corrected chi connectivity index (χ0v) is 15.0. The van der Waals surface area contributed by atoms with Crippen LogP contribution in [0.1, 0.15) is 18.5 Å². The van der Waals surface area contributed by atoms with Gasteiger partial charge in [-0.1, -0.05) is 24.6 Å². The molecule has 1 aromatic carbocycles. The van der Waals surface area contributed by atoms with Crippen molar-refractivity contribution in [2.75, 3.05) is 40.3 Å². The molecule has 2 unspecified atom stereocenters. The summed E-state index contributed by atoms with van der Waals surface area (Å²) in [5.74, 6) is -0.335. The van der Waals surface area contributed by atoms with E-state index in [-0.39, 0.29) is 22.9 Å². The second-order valence-electron chi connectivity index (χ2n) is 5.61. The van der Waals surface area contributed by atoms with Crippen molar-refractivity contribution in [2.45, 2.75) is 19.0 Å². The van der Waals surface area contributed by atoms with Crippen molar-refractivity contribution >= 4 is 27.5 Å². The molecule has 0 bridgehead atoms. The lowest BCUT2D eigenvalue weighted by atomic mass is 9.95. The number of hydrogen-bond acceptors (Lipinski definition) is 3. The lowest BCUT2D eigenvalue weighted by Gasteiger charge is -2.42. The fourth-order valence-electron chi connectivity index (χ4n) is 2.86. The number of likely N-dealkylation sites (N-methyl/N-ethyl adjacent to an activating group) is 3. The summed E-state index contributed by atoms with van der Waals surface area (Å²) in [6, 6.07) is 3.78. The minimum atomic E-state index is -0.335. The van der Waals surface area contributed by atoms with Crippen molar-refractivity contribution in [3.8, 4) is 0 Å². The van der Waals surface area contributed by atoms with Gasteiger partial charge in [-0.3, -0.25) is 4.90 Å². The van der Waals surface area contributed by atoms with Crippen LogP contribution < -0.4 is 5.32 Å². The quantitative estimate of drug-likeness (QED) is 0.812. The summed E-state index contributed by atoms with van der Waals surface area (Å²) in [5.41, 5.74) is 0.636. The third-order valence-corrected chi connectivity index (χ3v) is 5.37. The molecule has 1 aromatic rings. The zero-order chi connectivity index (χ0) is 15.6.